The zero-order valence-corrected chi connectivity index (χ0v) is 11.9. The fourth-order valence-electron chi connectivity index (χ4n) is 2.38. The monoisotopic (exact) mass is 268 g/mol. The molecule has 108 valence electrons. The van der Waals surface area contributed by atoms with Crippen LogP contribution < -0.4 is 0 Å². The maximum Gasteiger partial charge on any atom is 0.334 e. The molecule has 1 aliphatic rings. The van der Waals surface area contributed by atoms with Crippen LogP contribution >= 0.6 is 0 Å². The van der Waals surface area contributed by atoms with Crippen molar-refractivity contribution in [1.82, 2.24) is 0 Å². The molecule has 0 spiro atoms. The van der Waals surface area contributed by atoms with Gasteiger partial charge in [-0.15, -0.1) is 0 Å². The summed E-state index contributed by atoms with van der Waals surface area (Å²) in [6, 6.07) is 0. The van der Waals surface area contributed by atoms with E-state index in [-0.39, 0.29) is 18.4 Å². The molecule has 0 N–H and O–H groups in total. The second-order valence-electron chi connectivity index (χ2n) is 4.79. The number of carbonyl (C=O) groups excluding carboxylic acids is 2. The molecule has 0 saturated heterocycles. The molecule has 0 unspecified atom stereocenters. The second kappa shape index (κ2) is 8.73. The zero-order valence-electron chi connectivity index (χ0n) is 11.9. The Balaban J connectivity index is 2.69. The van der Waals surface area contributed by atoms with E-state index in [1.54, 1.807) is 13.8 Å². The summed E-state index contributed by atoms with van der Waals surface area (Å²) in [5, 5.41) is 0. The largest absolute Gasteiger partial charge is 0.466 e. The lowest BCUT2D eigenvalue weighted by Crippen LogP contribution is -2.15. The van der Waals surface area contributed by atoms with Crippen LogP contribution in [0, 0.1) is 5.92 Å². The van der Waals surface area contributed by atoms with Gasteiger partial charge in [-0.1, -0.05) is 25.3 Å². The van der Waals surface area contributed by atoms with Gasteiger partial charge in [-0.05, 0) is 32.6 Å². The Morgan fingerprint density at radius 1 is 1.05 bits per heavy atom. The van der Waals surface area contributed by atoms with Crippen LogP contribution in [0.4, 0.5) is 0 Å². The van der Waals surface area contributed by atoms with E-state index < -0.39 is 0 Å². The van der Waals surface area contributed by atoms with Gasteiger partial charge in [0.15, 0.2) is 0 Å². The molecule has 4 heteroatoms. The number of ether oxygens (including phenoxy) is 2. The van der Waals surface area contributed by atoms with Crippen molar-refractivity contribution in [1.29, 1.82) is 0 Å². The number of hydrogen-bond donors (Lipinski definition) is 0. The molecule has 0 bridgehead atoms. The van der Waals surface area contributed by atoms with Crippen molar-refractivity contribution in [2.75, 3.05) is 13.2 Å². The Bertz CT molecular complexity index is 327. The van der Waals surface area contributed by atoms with Crippen molar-refractivity contribution >= 4 is 11.9 Å². The van der Waals surface area contributed by atoms with E-state index in [2.05, 4.69) is 0 Å². The minimum absolute atomic E-state index is 0.0170. The molecule has 19 heavy (non-hydrogen) atoms. The molecule has 1 rings (SSSR count). The summed E-state index contributed by atoms with van der Waals surface area (Å²) in [6.45, 7) is 4.18. The third-order valence-electron chi connectivity index (χ3n) is 3.26. The minimum atomic E-state index is -0.388. The number of rotatable bonds is 6. The van der Waals surface area contributed by atoms with Gasteiger partial charge in [-0.2, -0.15) is 0 Å². The van der Waals surface area contributed by atoms with Gasteiger partial charge in [-0.3, -0.25) is 4.79 Å². The lowest BCUT2D eigenvalue weighted by atomic mass is 9.87. The van der Waals surface area contributed by atoms with Crippen LogP contribution in [-0.4, -0.2) is 25.2 Å². The predicted octanol–water partition coefficient (Wildman–Crippen LogP) is 3.01. The Kier molecular flexibility index (Phi) is 7.23. The highest BCUT2D eigenvalue weighted by atomic mass is 16.5. The third kappa shape index (κ3) is 5.90. The van der Waals surface area contributed by atoms with Crippen LogP contribution in [-0.2, 0) is 19.1 Å². The summed E-state index contributed by atoms with van der Waals surface area (Å²) in [4.78, 5) is 23.4. The molecular formula is C15H24O4. The fraction of sp³-hybridized carbons (Fsp3) is 0.733. The summed E-state index contributed by atoms with van der Waals surface area (Å²) in [5.41, 5.74) is 0.451. The molecule has 0 aromatic heterocycles. The average Bonchev–Trinajstić information content (AvgIpc) is 2.40. The van der Waals surface area contributed by atoms with E-state index in [1.165, 1.54) is 19.3 Å². The second-order valence-corrected chi connectivity index (χ2v) is 4.79. The van der Waals surface area contributed by atoms with Crippen LogP contribution in [0.25, 0.3) is 0 Å². The highest BCUT2D eigenvalue weighted by Gasteiger charge is 2.19. The first-order chi connectivity index (χ1) is 9.17. The molecular weight excluding hydrogens is 244 g/mol. The molecule has 0 aromatic carbocycles. The lowest BCUT2D eigenvalue weighted by Gasteiger charge is -2.19. The molecule has 1 saturated carbocycles. The van der Waals surface area contributed by atoms with Gasteiger partial charge < -0.3 is 9.47 Å². The van der Waals surface area contributed by atoms with Gasteiger partial charge in [0, 0.05) is 5.57 Å². The summed E-state index contributed by atoms with van der Waals surface area (Å²) >= 11 is 0. The van der Waals surface area contributed by atoms with E-state index >= 15 is 0 Å². The Labute approximate surface area is 115 Å². The van der Waals surface area contributed by atoms with E-state index in [4.69, 9.17) is 9.47 Å². The van der Waals surface area contributed by atoms with Crippen molar-refractivity contribution in [3.8, 4) is 0 Å². The van der Waals surface area contributed by atoms with Gasteiger partial charge in [0.25, 0.3) is 0 Å². The first-order valence-electron chi connectivity index (χ1n) is 7.20. The molecule has 0 aliphatic heterocycles. The smallest absolute Gasteiger partial charge is 0.334 e. The fourth-order valence-corrected chi connectivity index (χ4v) is 2.38. The number of carbonyl (C=O) groups is 2. The van der Waals surface area contributed by atoms with Gasteiger partial charge in [0.05, 0.1) is 19.6 Å². The molecule has 1 aliphatic carbocycles. The van der Waals surface area contributed by atoms with E-state index in [9.17, 15) is 9.59 Å². The van der Waals surface area contributed by atoms with Gasteiger partial charge >= 0.3 is 11.9 Å². The van der Waals surface area contributed by atoms with Crippen LogP contribution in [0.1, 0.15) is 52.4 Å². The van der Waals surface area contributed by atoms with Crippen LogP contribution in [0.2, 0.25) is 0 Å². The SMILES string of the molecule is CCOC(=O)CC(=CC1CCCCC1)C(=O)OCC. The number of hydrogen-bond acceptors (Lipinski definition) is 4. The number of allylic oxidation sites excluding steroid dienone is 1. The first-order valence-corrected chi connectivity index (χ1v) is 7.20. The van der Waals surface area contributed by atoms with E-state index in [1.807, 2.05) is 6.08 Å². The summed E-state index contributed by atoms with van der Waals surface area (Å²) in [6.07, 6.45) is 7.76. The van der Waals surface area contributed by atoms with Crippen molar-refractivity contribution in [2.24, 2.45) is 5.92 Å². The van der Waals surface area contributed by atoms with E-state index in [0.717, 1.165) is 12.8 Å². The van der Waals surface area contributed by atoms with Crippen LogP contribution in [0.5, 0.6) is 0 Å². The topological polar surface area (TPSA) is 52.6 Å². The molecule has 0 amide bonds. The van der Waals surface area contributed by atoms with Gasteiger partial charge in [-0.25, -0.2) is 4.79 Å². The molecule has 0 heterocycles. The molecule has 0 atom stereocenters. The van der Waals surface area contributed by atoms with Gasteiger partial charge in [0.2, 0.25) is 0 Å². The van der Waals surface area contributed by atoms with Crippen LogP contribution in [0.3, 0.4) is 0 Å². The van der Waals surface area contributed by atoms with Crippen LogP contribution in [0.15, 0.2) is 11.6 Å². The molecule has 1 fully saturated rings. The predicted molar refractivity (Wildman–Crippen MR) is 72.5 cm³/mol. The van der Waals surface area contributed by atoms with Crippen molar-refractivity contribution in [3.63, 3.8) is 0 Å². The summed E-state index contributed by atoms with van der Waals surface area (Å²) in [5.74, 6) is -0.360. The third-order valence-corrected chi connectivity index (χ3v) is 3.26. The molecule has 4 nitrogen and oxygen atoms in total. The maximum absolute atomic E-state index is 11.9. The quantitative estimate of drug-likeness (QED) is 0.549. The van der Waals surface area contributed by atoms with Crippen molar-refractivity contribution < 1.29 is 19.1 Å². The zero-order chi connectivity index (χ0) is 14.1. The van der Waals surface area contributed by atoms with E-state index in [0.29, 0.717) is 24.7 Å². The van der Waals surface area contributed by atoms with Gasteiger partial charge in [0.1, 0.15) is 0 Å². The average molecular weight is 268 g/mol. The lowest BCUT2D eigenvalue weighted by molar-refractivity contribution is -0.145. The first kappa shape index (κ1) is 15.7. The number of esters is 2. The standard InChI is InChI=1S/C15H24O4/c1-3-18-14(16)11-13(15(17)19-4-2)10-12-8-6-5-7-9-12/h10,12H,3-9,11H2,1-2H3. The Hall–Kier alpha value is -1.32. The summed E-state index contributed by atoms with van der Waals surface area (Å²) in [7, 11) is 0. The van der Waals surface area contributed by atoms with Crippen molar-refractivity contribution in [3.05, 3.63) is 11.6 Å². The minimum Gasteiger partial charge on any atom is -0.466 e. The highest BCUT2D eigenvalue weighted by molar-refractivity contribution is 5.93. The molecule has 0 radical (unpaired) electrons. The van der Waals surface area contributed by atoms with Crippen molar-refractivity contribution in [2.45, 2.75) is 52.4 Å². The Morgan fingerprint density at radius 2 is 1.68 bits per heavy atom. The molecule has 0 aromatic rings. The Morgan fingerprint density at radius 3 is 2.26 bits per heavy atom. The maximum atomic E-state index is 11.9. The normalized spacial score (nSPS) is 17.1. The summed E-state index contributed by atoms with van der Waals surface area (Å²) < 4.78 is 9.91. The highest BCUT2D eigenvalue weighted by Crippen LogP contribution is 2.26.